The minimum Gasteiger partial charge on any atom is -0.440 e. The first-order valence-electron chi connectivity index (χ1n) is 21.5. The second kappa shape index (κ2) is 17.9. The smallest absolute Gasteiger partial charge is 0.261 e. The van der Waals surface area contributed by atoms with Crippen LogP contribution in [0.15, 0.2) is 94.5 Å². The first-order chi connectivity index (χ1) is 29.7. The van der Waals surface area contributed by atoms with E-state index in [1.807, 2.05) is 59.5 Å². The van der Waals surface area contributed by atoms with Gasteiger partial charge in [-0.3, -0.25) is 28.8 Å². The highest BCUT2D eigenvalue weighted by Crippen LogP contribution is 2.41. The molecule has 13 nitrogen and oxygen atoms in total. The van der Waals surface area contributed by atoms with Crippen LogP contribution in [0, 0.1) is 5.92 Å². The Bertz CT molecular complexity index is 2600. The van der Waals surface area contributed by atoms with Crippen molar-refractivity contribution in [2.24, 2.45) is 5.92 Å². The van der Waals surface area contributed by atoms with Crippen LogP contribution in [0.4, 0.5) is 0 Å². The number of benzene rings is 3. The van der Waals surface area contributed by atoms with Crippen molar-refractivity contribution < 1.29 is 19.1 Å². The van der Waals surface area contributed by atoms with Gasteiger partial charge in [0.2, 0.25) is 11.8 Å². The molecule has 6 aromatic rings. The van der Waals surface area contributed by atoms with Crippen molar-refractivity contribution in [1.29, 1.82) is 0 Å². The number of nitrogens with one attached hydrogen (secondary N) is 2. The summed E-state index contributed by atoms with van der Waals surface area (Å²) in [7, 11) is 0. The Morgan fingerprint density at radius 2 is 1.74 bits per heavy atom. The van der Waals surface area contributed by atoms with E-state index in [9.17, 15) is 19.5 Å². The molecular weight excluding hydrogens is 792 g/mol. The van der Waals surface area contributed by atoms with Gasteiger partial charge in [0.15, 0.2) is 0 Å². The first-order valence-corrected chi connectivity index (χ1v) is 21.9. The zero-order valence-corrected chi connectivity index (χ0v) is 34.9. The number of aliphatic hydroxyl groups is 1. The van der Waals surface area contributed by atoms with E-state index in [0.29, 0.717) is 91.6 Å². The van der Waals surface area contributed by atoms with E-state index in [1.165, 1.54) is 10.9 Å². The molecule has 1 atom stereocenters. The number of nitrogens with zero attached hydrogens (tertiary/aromatic N) is 6. The molecule has 3 fully saturated rings. The lowest BCUT2D eigenvalue weighted by Crippen LogP contribution is -2.51. The monoisotopic (exact) mass is 842 g/mol. The number of halogens is 1. The van der Waals surface area contributed by atoms with Crippen molar-refractivity contribution >= 4 is 45.2 Å². The minimum atomic E-state index is -1.18. The number of piperazine rings is 1. The van der Waals surface area contributed by atoms with E-state index in [4.69, 9.17) is 21.0 Å². The molecule has 3 N–H and O–H groups in total. The summed E-state index contributed by atoms with van der Waals surface area (Å²) in [5.41, 5.74) is 3.13. The van der Waals surface area contributed by atoms with Gasteiger partial charge in [0.05, 0.1) is 52.7 Å². The van der Waals surface area contributed by atoms with E-state index >= 15 is 0 Å². The number of carbonyl (C=O) groups is 2. The lowest BCUT2D eigenvalue weighted by atomic mass is 9.88. The van der Waals surface area contributed by atoms with Gasteiger partial charge in [0.1, 0.15) is 5.76 Å². The summed E-state index contributed by atoms with van der Waals surface area (Å²) in [6, 6.07) is 22.7. The van der Waals surface area contributed by atoms with Crippen molar-refractivity contribution in [3.63, 3.8) is 0 Å². The summed E-state index contributed by atoms with van der Waals surface area (Å²) in [6.07, 6.45) is 7.89. The van der Waals surface area contributed by atoms with Crippen LogP contribution in [-0.4, -0.2) is 97.7 Å². The molecule has 1 aliphatic carbocycles. The van der Waals surface area contributed by atoms with E-state index < -0.39 is 5.60 Å². The molecule has 14 heteroatoms. The van der Waals surface area contributed by atoms with Gasteiger partial charge in [-0.05, 0) is 86.9 Å². The highest BCUT2D eigenvalue weighted by molar-refractivity contribution is 6.35. The van der Waals surface area contributed by atoms with Gasteiger partial charge >= 0.3 is 0 Å². The first kappa shape index (κ1) is 40.9. The number of carbonyl (C=O) groups excluding carboxylic acids is 2. The molecule has 0 unspecified atom stereocenters. The second-order valence-electron chi connectivity index (χ2n) is 16.9. The largest absolute Gasteiger partial charge is 0.440 e. The summed E-state index contributed by atoms with van der Waals surface area (Å²) in [5, 5.41) is 20.0. The molecule has 3 aromatic carbocycles. The molecule has 5 heterocycles. The maximum atomic E-state index is 14.1. The van der Waals surface area contributed by atoms with E-state index in [0.717, 1.165) is 72.5 Å². The van der Waals surface area contributed by atoms with Crippen LogP contribution in [0.2, 0.25) is 5.02 Å². The normalized spacial score (nSPS) is 17.4. The topological polar surface area (TPSA) is 159 Å². The highest BCUT2D eigenvalue weighted by Gasteiger charge is 2.36. The number of pyridine rings is 1. The Kier molecular flexibility index (Phi) is 12.0. The highest BCUT2D eigenvalue weighted by atomic mass is 35.5. The molecule has 0 spiro atoms. The molecule has 0 bridgehead atoms. The maximum absolute atomic E-state index is 14.1. The summed E-state index contributed by atoms with van der Waals surface area (Å²) >= 11 is 6.54. The van der Waals surface area contributed by atoms with Gasteiger partial charge in [0, 0.05) is 79.9 Å². The molecule has 3 aliphatic rings. The average molecular weight is 843 g/mol. The van der Waals surface area contributed by atoms with E-state index in [-0.39, 0.29) is 29.8 Å². The molecular formula is C47H51ClN8O5. The predicted octanol–water partition coefficient (Wildman–Crippen LogP) is 5.96. The lowest BCUT2D eigenvalue weighted by molar-refractivity contribution is -0.140. The van der Waals surface area contributed by atoms with Gasteiger partial charge < -0.3 is 25.1 Å². The number of rotatable bonds is 14. The number of piperidine rings is 1. The molecule has 61 heavy (non-hydrogen) atoms. The number of amides is 2. The fraction of sp³-hybridized carbons (Fsp3) is 0.404. The number of hydrogen-bond acceptors (Lipinski definition) is 10. The van der Waals surface area contributed by atoms with Gasteiger partial charge in [-0.1, -0.05) is 48.0 Å². The molecule has 0 radical (unpaired) electrons. The zero-order chi connectivity index (χ0) is 41.9. The van der Waals surface area contributed by atoms with Crippen LogP contribution in [0.1, 0.15) is 71.8 Å². The second-order valence-corrected chi connectivity index (χ2v) is 17.3. The summed E-state index contributed by atoms with van der Waals surface area (Å²) in [4.78, 5) is 59.0. The van der Waals surface area contributed by atoms with Crippen LogP contribution in [0.5, 0.6) is 0 Å². The Hall–Kier alpha value is -5.47. The van der Waals surface area contributed by atoms with Crippen molar-refractivity contribution in [3.05, 3.63) is 123 Å². The molecule has 2 amide bonds. The number of fused-ring (bicyclic) bond motifs is 2. The van der Waals surface area contributed by atoms with E-state index in [2.05, 4.69) is 25.5 Å². The molecule has 3 aromatic heterocycles. The van der Waals surface area contributed by atoms with Gasteiger partial charge in [-0.25, -0.2) is 9.97 Å². The predicted molar refractivity (Wildman–Crippen MR) is 234 cm³/mol. The van der Waals surface area contributed by atoms with Crippen molar-refractivity contribution in [3.8, 4) is 11.5 Å². The Morgan fingerprint density at radius 1 is 0.951 bits per heavy atom. The lowest BCUT2D eigenvalue weighted by Gasteiger charge is -2.39. The summed E-state index contributed by atoms with van der Waals surface area (Å²) < 4.78 is 7.53. The number of likely N-dealkylation sites (tertiary alicyclic amines) is 1. The minimum absolute atomic E-state index is 0.0310. The number of aromatic nitrogens is 4. The Balaban J connectivity index is 0.804. The van der Waals surface area contributed by atoms with Crippen LogP contribution in [0.25, 0.3) is 33.3 Å². The third-order valence-corrected chi connectivity index (χ3v) is 12.7. The maximum Gasteiger partial charge on any atom is 0.261 e. The van der Waals surface area contributed by atoms with Crippen molar-refractivity contribution in [1.82, 2.24) is 40.0 Å². The van der Waals surface area contributed by atoms with Crippen molar-refractivity contribution in [2.75, 3.05) is 45.8 Å². The van der Waals surface area contributed by atoms with Crippen LogP contribution < -0.4 is 16.2 Å². The van der Waals surface area contributed by atoms with Gasteiger partial charge in [-0.2, -0.15) is 0 Å². The van der Waals surface area contributed by atoms with Crippen LogP contribution in [0.3, 0.4) is 0 Å². The van der Waals surface area contributed by atoms with E-state index in [1.54, 1.807) is 24.4 Å². The SMILES string of the molecule is O=C(NCCC[C@H](Cc1ccccc1)C(=O)N1CCC(O)(Cn2cnc3cc(-c4ncc(CN5CCNCC5)o4)ccc3c2=O)CC1)c1ccc2c(Cl)cc(C3CC3)nc2c1. The third kappa shape index (κ3) is 9.55. The average Bonchev–Trinajstić information content (AvgIpc) is 4.04. The number of hydrogen-bond donors (Lipinski definition) is 3. The Labute approximate surface area is 359 Å². The van der Waals surface area contributed by atoms with Crippen LogP contribution >= 0.6 is 11.6 Å². The standard InChI is InChI=1S/C47H51ClN8O5/c48-39-26-40(32-8-9-32)53-42-24-33(10-12-37(39)42)43(57)50-16-4-7-35(23-31-5-2-1-3-6-31)45(58)55-19-14-47(60,15-20-55)29-56-30-52-41-25-34(11-13-38(41)46(56)59)44-51-27-36(61-44)28-54-21-17-49-18-22-54/h1-3,5-6,10-13,24-27,30,32,35,49,60H,4,7-9,14-23,28-29H2,(H,50,57)/t35-/m1/s1. The molecule has 1 saturated carbocycles. The molecule has 9 rings (SSSR count). The summed E-state index contributed by atoms with van der Waals surface area (Å²) in [5.74, 6) is 1.26. The molecule has 2 saturated heterocycles. The quantitative estimate of drug-likeness (QED) is 0.112. The van der Waals surface area contributed by atoms with Crippen molar-refractivity contribution in [2.45, 2.75) is 69.6 Å². The summed E-state index contributed by atoms with van der Waals surface area (Å²) in [6.45, 7) is 5.74. The molecule has 2 aliphatic heterocycles. The molecule has 316 valence electrons. The van der Waals surface area contributed by atoms with Crippen LogP contribution in [-0.2, 0) is 24.3 Å². The van der Waals surface area contributed by atoms with Gasteiger partial charge in [0.25, 0.3) is 11.5 Å². The van der Waals surface area contributed by atoms with Gasteiger partial charge in [-0.15, -0.1) is 0 Å². The fourth-order valence-corrected chi connectivity index (χ4v) is 8.95. The Morgan fingerprint density at radius 3 is 2.52 bits per heavy atom. The third-order valence-electron chi connectivity index (χ3n) is 12.4. The number of oxazole rings is 1. The zero-order valence-electron chi connectivity index (χ0n) is 34.2. The fourth-order valence-electron chi connectivity index (χ4n) is 8.68.